The Balaban J connectivity index is 1.62. The van der Waals surface area contributed by atoms with E-state index in [0.717, 1.165) is 10.9 Å². The van der Waals surface area contributed by atoms with Gasteiger partial charge in [-0.25, -0.2) is 0 Å². The number of halogens is 1. The summed E-state index contributed by atoms with van der Waals surface area (Å²) >= 11 is 6.24. The number of ketones is 1. The number of para-hydroxylation sites is 1. The fourth-order valence-electron chi connectivity index (χ4n) is 4.81. The number of anilines is 1. The summed E-state index contributed by atoms with van der Waals surface area (Å²) < 4.78 is 12.7. The zero-order valence-electron chi connectivity index (χ0n) is 18.6. The second kappa shape index (κ2) is 7.92. The highest BCUT2D eigenvalue weighted by atomic mass is 35.5. The molecule has 0 aliphatic carbocycles. The molecular weight excluding hydrogens is 468 g/mol. The molecule has 2 aliphatic heterocycles. The molecule has 7 nitrogen and oxygen atoms in total. The van der Waals surface area contributed by atoms with Gasteiger partial charge in [-0.1, -0.05) is 35.9 Å². The number of nitrogens with zero attached hydrogens (tertiary/aromatic N) is 2. The first kappa shape index (κ1) is 21.3. The molecule has 6 rings (SSSR count). The number of rotatable bonds is 3. The summed E-state index contributed by atoms with van der Waals surface area (Å²) in [7, 11) is 1.90. The van der Waals surface area contributed by atoms with Gasteiger partial charge < -0.3 is 19.1 Å². The van der Waals surface area contributed by atoms with Crippen LogP contribution >= 0.6 is 11.6 Å². The Bertz CT molecular complexity index is 1570. The molecule has 1 unspecified atom stereocenters. The lowest BCUT2D eigenvalue weighted by atomic mass is 9.94. The SMILES string of the molecule is Cn1cc(C2/C(=C(\O)c3ccc4c(c3)OCO4)C(=O)C(=O)N2c2cccc(Cl)c2)c2ccccc21. The molecule has 3 aromatic carbocycles. The molecule has 1 saturated heterocycles. The van der Waals surface area contributed by atoms with Crippen LogP contribution in [0.4, 0.5) is 5.69 Å². The van der Waals surface area contributed by atoms with Gasteiger partial charge in [-0.15, -0.1) is 0 Å². The third-order valence-electron chi connectivity index (χ3n) is 6.40. The third kappa shape index (κ3) is 3.27. The molecule has 1 amide bonds. The second-order valence-electron chi connectivity index (χ2n) is 8.43. The van der Waals surface area contributed by atoms with Crippen LogP contribution in [0.3, 0.4) is 0 Å². The van der Waals surface area contributed by atoms with Crippen LogP contribution in [0, 0.1) is 0 Å². The van der Waals surface area contributed by atoms with Gasteiger partial charge in [-0.05, 0) is 42.5 Å². The Labute approximate surface area is 205 Å². The van der Waals surface area contributed by atoms with Crippen LogP contribution in [0.25, 0.3) is 16.7 Å². The summed E-state index contributed by atoms with van der Waals surface area (Å²) in [5.41, 5.74) is 2.45. The Kier molecular flexibility index (Phi) is 4.82. The van der Waals surface area contributed by atoms with Gasteiger partial charge in [0.25, 0.3) is 11.7 Å². The number of aryl methyl sites for hydroxylation is 1. The van der Waals surface area contributed by atoms with Crippen LogP contribution in [0.2, 0.25) is 5.02 Å². The first-order chi connectivity index (χ1) is 16.9. The highest BCUT2D eigenvalue weighted by molar-refractivity contribution is 6.52. The van der Waals surface area contributed by atoms with Crippen molar-refractivity contribution in [2.45, 2.75) is 6.04 Å². The zero-order chi connectivity index (χ0) is 24.3. The number of aliphatic hydroxyl groups excluding tert-OH is 1. The lowest BCUT2D eigenvalue weighted by Gasteiger charge is -2.25. The molecule has 0 radical (unpaired) electrons. The van der Waals surface area contributed by atoms with Crippen molar-refractivity contribution >= 4 is 45.6 Å². The van der Waals surface area contributed by atoms with E-state index < -0.39 is 17.7 Å². The lowest BCUT2D eigenvalue weighted by molar-refractivity contribution is -0.132. The molecule has 1 fully saturated rings. The van der Waals surface area contributed by atoms with Crippen molar-refractivity contribution in [3.8, 4) is 11.5 Å². The monoisotopic (exact) mass is 486 g/mol. The van der Waals surface area contributed by atoms with Crippen molar-refractivity contribution in [3.05, 3.63) is 94.6 Å². The second-order valence-corrected chi connectivity index (χ2v) is 8.87. The highest BCUT2D eigenvalue weighted by Gasteiger charge is 2.48. The number of Topliss-reactive ketones (excluding diaryl/α,β-unsaturated/α-hetero) is 1. The summed E-state index contributed by atoms with van der Waals surface area (Å²) in [5, 5.41) is 12.7. The van der Waals surface area contributed by atoms with Crippen LogP contribution in [0.1, 0.15) is 17.2 Å². The number of carbonyl (C=O) groups excluding carboxylic acids is 2. The van der Waals surface area contributed by atoms with Gasteiger partial charge in [0.1, 0.15) is 5.76 Å². The fraction of sp³-hybridized carbons (Fsp3) is 0.111. The molecule has 0 spiro atoms. The first-order valence-corrected chi connectivity index (χ1v) is 11.3. The maximum absolute atomic E-state index is 13.4. The van der Waals surface area contributed by atoms with Crippen molar-refractivity contribution in [1.82, 2.24) is 4.57 Å². The van der Waals surface area contributed by atoms with Crippen LogP contribution in [0.5, 0.6) is 11.5 Å². The third-order valence-corrected chi connectivity index (χ3v) is 6.63. The van der Waals surface area contributed by atoms with Gasteiger partial charge in [0.2, 0.25) is 6.79 Å². The molecule has 1 N–H and O–H groups in total. The van der Waals surface area contributed by atoms with E-state index in [9.17, 15) is 14.7 Å². The van der Waals surface area contributed by atoms with E-state index in [-0.39, 0.29) is 18.1 Å². The first-order valence-electron chi connectivity index (χ1n) is 10.9. The molecule has 3 heterocycles. The van der Waals surface area contributed by atoms with E-state index in [2.05, 4.69) is 0 Å². The molecule has 1 aromatic heterocycles. The van der Waals surface area contributed by atoms with Crippen LogP contribution < -0.4 is 14.4 Å². The molecule has 0 saturated carbocycles. The molecule has 35 heavy (non-hydrogen) atoms. The van der Waals surface area contributed by atoms with Crippen LogP contribution in [0.15, 0.2) is 78.5 Å². The number of benzene rings is 3. The minimum Gasteiger partial charge on any atom is -0.507 e. The lowest BCUT2D eigenvalue weighted by Crippen LogP contribution is -2.29. The predicted octanol–water partition coefficient (Wildman–Crippen LogP) is 5.19. The quantitative estimate of drug-likeness (QED) is 0.245. The number of hydrogen-bond donors (Lipinski definition) is 1. The van der Waals surface area contributed by atoms with E-state index in [0.29, 0.717) is 33.3 Å². The summed E-state index contributed by atoms with van der Waals surface area (Å²) in [6, 6.07) is 18.5. The number of aromatic nitrogens is 1. The molecule has 4 aromatic rings. The maximum Gasteiger partial charge on any atom is 0.300 e. The Morgan fingerprint density at radius 2 is 1.80 bits per heavy atom. The van der Waals surface area contributed by atoms with Crippen molar-refractivity contribution in [2.24, 2.45) is 7.05 Å². The maximum atomic E-state index is 13.4. The smallest absolute Gasteiger partial charge is 0.300 e. The normalized spacial score (nSPS) is 18.6. The Hall–Kier alpha value is -4.23. The standard InChI is InChI=1S/C27H19ClN2O5/c1-29-13-19(18-7-2-3-8-20(18)29)24-23(25(31)15-9-10-21-22(11-15)35-14-34-21)26(32)27(33)30(24)17-6-4-5-16(28)12-17/h2-13,24,31H,14H2,1H3/b25-23+. The van der Waals surface area contributed by atoms with E-state index in [1.54, 1.807) is 42.5 Å². The average molecular weight is 487 g/mol. The minimum absolute atomic E-state index is 0.00908. The molecule has 8 heteroatoms. The fourth-order valence-corrected chi connectivity index (χ4v) is 4.99. The summed E-state index contributed by atoms with van der Waals surface area (Å²) in [5.74, 6) is -0.805. The number of carbonyl (C=O) groups is 2. The summed E-state index contributed by atoms with van der Waals surface area (Å²) in [4.78, 5) is 28.3. The average Bonchev–Trinajstić information content (AvgIpc) is 3.53. The van der Waals surface area contributed by atoms with Crippen LogP contribution in [-0.2, 0) is 16.6 Å². The van der Waals surface area contributed by atoms with Gasteiger partial charge in [0, 0.05) is 46.0 Å². The summed E-state index contributed by atoms with van der Waals surface area (Å²) in [6.07, 6.45) is 1.88. The van der Waals surface area contributed by atoms with E-state index in [1.165, 1.54) is 4.90 Å². The number of amides is 1. The van der Waals surface area contributed by atoms with Gasteiger partial charge in [0.15, 0.2) is 11.5 Å². The molecular formula is C27H19ClN2O5. The number of aliphatic hydroxyl groups is 1. The van der Waals surface area contributed by atoms with Gasteiger partial charge in [-0.2, -0.15) is 0 Å². The predicted molar refractivity (Wildman–Crippen MR) is 132 cm³/mol. The van der Waals surface area contributed by atoms with Crippen molar-refractivity contribution < 1.29 is 24.2 Å². The van der Waals surface area contributed by atoms with E-state index in [1.807, 2.05) is 42.1 Å². The molecule has 1 atom stereocenters. The zero-order valence-corrected chi connectivity index (χ0v) is 19.3. The summed E-state index contributed by atoms with van der Waals surface area (Å²) in [6.45, 7) is 0.0781. The van der Waals surface area contributed by atoms with Crippen LogP contribution in [-0.4, -0.2) is 28.2 Å². The highest BCUT2D eigenvalue weighted by Crippen LogP contribution is 2.45. The molecule has 2 aliphatic rings. The van der Waals surface area contributed by atoms with Crippen molar-refractivity contribution in [3.63, 3.8) is 0 Å². The minimum atomic E-state index is -0.870. The largest absolute Gasteiger partial charge is 0.507 e. The number of fused-ring (bicyclic) bond motifs is 2. The number of hydrogen-bond acceptors (Lipinski definition) is 5. The Morgan fingerprint density at radius 3 is 2.63 bits per heavy atom. The molecule has 174 valence electrons. The topological polar surface area (TPSA) is 81.0 Å². The van der Waals surface area contributed by atoms with Gasteiger partial charge >= 0.3 is 0 Å². The molecule has 0 bridgehead atoms. The van der Waals surface area contributed by atoms with E-state index in [4.69, 9.17) is 21.1 Å². The van der Waals surface area contributed by atoms with E-state index >= 15 is 0 Å². The van der Waals surface area contributed by atoms with Crippen molar-refractivity contribution in [2.75, 3.05) is 11.7 Å². The number of ether oxygens (including phenoxy) is 2. The Morgan fingerprint density at radius 1 is 1.00 bits per heavy atom. The van der Waals surface area contributed by atoms with Gasteiger partial charge in [-0.3, -0.25) is 14.5 Å². The van der Waals surface area contributed by atoms with Crippen molar-refractivity contribution in [1.29, 1.82) is 0 Å². The van der Waals surface area contributed by atoms with Gasteiger partial charge in [0.05, 0.1) is 11.6 Å².